The van der Waals surface area contributed by atoms with Crippen LogP contribution in [0.2, 0.25) is 0 Å². The molecule has 6 nitrogen and oxygen atoms in total. The van der Waals surface area contributed by atoms with Crippen LogP contribution in [-0.2, 0) is 9.59 Å². The number of anilines is 1. The van der Waals surface area contributed by atoms with Gasteiger partial charge in [0, 0.05) is 12.2 Å². The number of primary amides is 1. The van der Waals surface area contributed by atoms with Crippen LogP contribution in [0.15, 0.2) is 24.3 Å². The summed E-state index contributed by atoms with van der Waals surface area (Å²) in [4.78, 5) is 22.8. The third-order valence-corrected chi connectivity index (χ3v) is 3.91. The van der Waals surface area contributed by atoms with Crippen molar-refractivity contribution in [3.8, 4) is 5.75 Å². The SMILES string of the molecule is NCC1(C(=O)Nc2ccc(OCCC(N)=O)cc2)CCC1. The zero-order chi connectivity index (χ0) is 15.3. The predicted molar refractivity (Wildman–Crippen MR) is 79.7 cm³/mol. The zero-order valence-corrected chi connectivity index (χ0v) is 11.9. The van der Waals surface area contributed by atoms with E-state index < -0.39 is 11.3 Å². The minimum atomic E-state index is -0.397. The topological polar surface area (TPSA) is 107 Å². The third kappa shape index (κ3) is 3.72. The number of hydrogen-bond acceptors (Lipinski definition) is 4. The summed E-state index contributed by atoms with van der Waals surface area (Å²) in [6.45, 7) is 0.629. The fourth-order valence-corrected chi connectivity index (χ4v) is 2.30. The van der Waals surface area contributed by atoms with E-state index in [4.69, 9.17) is 16.2 Å². The van der Waals surface area contributed by atoms with Crippen molar-refractivity contribution in [1.82, 2.24) is 0 Å². The number of hydrogen-bond donors (Lipinski definition) is 3. The van der Waals surface area contributed by atoms with Crippen molar-refractivity contribution in [2.45, 2.75) is 25.7 Å². The van der Waals surface area contributed by atoms with Crippen LogP contribution in [0.4, 0.5) is 5.69 Å². The van der Waals surface area contributed by atoms with Crippen LogP contribution in [0.25, 0.3) is 0 Å². The van der Waals surface area contributed by atoms with Gasteiger partial charge < -0.3 is 21.5 Å². The van der Waals surface area contributed by atoms with Gasteiger partial charge in [-0.2, -0.15) is 0 Å². The second-order valence-electron chi connectivity index (χ2n) is 5.38. The maximum Gasteiger partial charge on any atom is 0.231 e. The van der Waals surface area contributed by atoms with Gasteiger partial charge >= 0.3 is 0 Å². The van der Waals surface area contributed by atoms with Crippen molar-refractivity contribution in [2.75, 3.05) is 18.5 Å². The molecule has 2 amide bonds. The Hall–Kier alpha value is -2.08. The van der Waals surface area contributed by atoms with Crippen LogP contribution in [0.1, 0.15) is 25.7 Å². The molecule has 1 aromatic carbocycles. The molecule has 1 saturated carbocycles. The molecule has 1 fully saturated rings. The van der Waals surface area contributed by atoms with Gasteiger partial charge in [-0.15, -0.1) is 0 Å². The van der Waals surface area contributed by atoms with Crippen LogP contribution in [0, 0.1) is 5.41 Å². The van der Waals surface area contributed by atoms with Crippen molar-refractivity contribution < 1.29 is 14.3 Å². The van der Waals surface area contributed by atoms with Gasteiger partial charge in [0.05, 0.1) is 18.4 Å². The molecule has 114 valence electrons. The summed E-state index contributed by atoms with van der Waals surface area (Å²) in [6, 6.07) is 7.01. The van der Waals surface area contributed by atoms with E-state index in [2.05, 4.69) is 5.32 Å². The largest absolute Gasteiger partial charge is 0.493 e. The number of carbonyl (C=O) groups excluding carboxylic acids is 2. The molecule has 5 N–H and O–H groups in total. The van der Waals surface area contributed by atoms with Gasteiger partial charge in [-0.3, -0.25) is 9.59 Å². The van der Waals surface area contributed by atoms with Crippen molar-refractivity contribution in [3.63, 3.8) is 0 Å². The van der Waals surface area contributed by atoms with E-state index in [0.29, 0.717) is 18.0 Å². The number of ether oxygens (including phenoxy) is 1. The lowest BCUT2D eigenvalue weighted by molar-refractivity contribution is -0.129. The lowest BCUT2D eigenvalue weighted by Gasteiger charge is -2.39. The minimum Gasteiger partial charge on any atom is -0.493 e. The quantitative estimate of drug-likeness (QED) is 0.696. The van der Waals surface area contributed by atoms with Crippen molar-refractivity contribution >= 4 is 17.5 Å². The summed E-state index contributed by atoms with van der Waals surface area (Å²) in [7, 11) is 0. The highest BCUT2D eigenvalue weighted by atomic mass is 16.5. The molecule has 0 saturated heterocycles. The molecule has 0 spiro atoms. The first-order chi connectivity index (χ1) is 10.1. The highest BCUT2D eigenvalue weighted by Crippen LogP contribution is 2.40. The van der Waals surface area contributed by atoms with Crippen molar-refractivity contribution in [1.29, 1.82) is 0 Å². The Morgan fingerprint density at radius 2 is 1.90 bits per heavy atom. The lowest BCUT2D eigenvalue weighted by Crippen LogP contribution is -2.47. The van der Waals surface area contributed by atoms with E-state index in [-0.39, 0.29) is 18.9 Å². The number of rotatable bonds is 7. The van der Waals surface area contributed by atoms with Crippen LogP contribution in [0.3, 0.4) is 0 Å². The maximum absolute atomic E-state index is 12.2. The first-order valence-corrected chi connectivity index (χ1v) is 7.08. The molecule has 0 bridgehead atoms. The maximum atomic E-state index is 12.2. The number of amides is 2. The van der Waals surface area contributed by atoms with Crippen molar-refractivity contribution in [2.24, 2.45) is 16.9 Å². The van der Waals surface area contributed by atoms with Crippen LogP contribution < -0.4 is 21.5 Å². The Bertz CT molecular complexity index is 504. The Kier molecular flexibility index (Phi) is 4.80. The van der Waals surface area contributed by atoms with Gasteiger partial charge in [0.25, 0.3) is 0 Å². The standard InChI is InChI=1S/C15H21N3O3/c16-10-15(7-1-8-15)14(20)18-11-2-4-12(5-3-11)21-9-6-13(17)19/h2-5H,1,6-10,16H2,(H2,17,19)(H,18,20). The molecule has 0 radical (unpaired) electrons. The zero-order valence-electron chi connectivity index (χ0n) is 11.9. The molecule has 0 heterocycles. The molecule has 0 aliphatic heterocycles. The first kappa shape index (κ1) is 15.3. The molecular formula is C15H21N3O3. The molecule has 0 aromatic heterocycles. The second-order valence-corrected chi connectivity index (χ2v) is 5.38. The molecule has 0 atom stereocenters. The predicted octanol–water partition coefficient (Wildman–Crippen LogP) is 1.01. The summed E-state index contributed by atoms with van der Waals surface area (Å²) in [5.74, 6) is 0.219. The van der Waals surface area contributed by atoms with E-state index in [9.17, 15) is 9.59 Å². The Labute approximate surface area is 123 Å². The Balaban J connectivity index is 1.87. The Morgan fingerprint density at radius 1 is 1.24 bits per heavy atom. The number of benzene rings is 1. The van der Waals surface area contributed by atoms with Crippen molar-refractivity contribution in [3.05, 3.63) is 24.3 Å². The van der Waals surface area contributed by atoms with Gasteiger partial charge in [0.15, 0.2) is 0 Å². The summed E-state index contributed by atoms with van der Waals surface area (Å²) in [5, 5.41) is 2.89. The molecule has 21 heavy (non-hydrogen) atoms. The lowest BCUT2D eigenvalue weighted by atomic mass is 9.68. The molecule has 6 heteroatoms. The van der Waals surface area contributed by atoms with E-state index in [0.717, 1.165) is 19.3 Å². The highest BCUT2D eigenvalue weighted by Gasteiger charge is 2.42. The summed E-state index contributed by atoms with van der Waals surface area (Å²) >= 11 is 0. The van der Waals surface area contributed by atoms with Crippen LogP contribution in [0.5, 0.6) is 5.75 Å². The average Bonchev–Trinajstić information content (AvgIpc) is 2.40. The smallest absolute Gasteiger partial charge is 0.231 e. The normalized spacial score (nSPS) is 15.9. The van der Waals surface area contributed by atoms with E-state index in [1.807, 2.05) is 0 Å². The number of carbonyl (C=O) groups is 2. The van der Waals surface area contributed by atoms with Crippen LogP contribution >= 0.6 is 0 Å². The van der Waals surface area contributed by atoms with E-state index in [1.165, 1.54) is 0 Å². The molecule has 1 aliphatic rings. The molecular weight excluding hydrogens is 270 g/mol. The van der Waals surface area contributed by atoms with Gasteiger partial charge in [0.1, 0.15) is 5.75 Å². The molecule has 2 rings (SSSR count). The van der Waals surface area contributed by atoms with Crippen LogP contribution in [-0.4, -0.2) is 25.0 Å². The number of nitrogens with one attached hydrogen (secondary N) is 1. The van der Waals surface area contributed by atoms with E-state index in [1.54, 1.807) is 24.3 Å². The summed E-state index contributed by atoms with van der Waals surface area (Å²) < 4.78 is 5.36. The second kappa shape index (κ2) is 6.58. The van der Waals surface area contributed by atoms with Gasteiger partial charge in [0.2, 0.25) is 11.8 Å². The number of nitrogens with two attached hydrogens (primary N) is 2. The molecule has 0 unspecified atom stereocenters. The fourth-order valence-electron chi connectivity index (χ4n) is 2.30. The highest BCUT2D eigenvalue weighted by molar-refractivity contribution is 5.96. The molecule has 1 aliphatic carbocycles. The first-order valence-electron chi connectivity index (χ1n) is 7.08. The third-order valence-electron chi connectivity index (χ3n) is 3.91. The van der Waals surface area contributed by atoms with Gasteiger partial charge in [-0.05, 0) is 37.1 Å². The van der Waals surface area contributed by atoms with E-state index >= 15 is 0 Å². The summed E-state index contributed by atoms with van der Waals surface area (Å²) in [6.07, 6.45) is 2.93. The minimum absolute atomic E-state index is 0.0151. The Morgan fingerprint density at radius 3 is 2.38 bits per heavy atom. The van der Waals surface area contributed by atoms with Gasteiger partial charge in [-0.25, -0.2) is 0 Å². The summed E-state index contributed by atoms with van der Waals surface area (Å²) in [5.41, 5.74) is 11.1. The van der Waals surface area contributed by atoms with Gasteiger partial charge in [-0.1, -0.05) is 6.42 Å². The molecule has 1 aromatic rings. The fraction of sp³-hybridized carbons (Fsp3) is 0.467. The monoisotopic (exact) mass is 291 g/mol. The average molecular weight is 291 g/mol.